The van der Waals surface area contributed by atoms with Crippen molar-refractivity contribution in [2.75, 3.05) is 27.2 Å². The number of aryl methyl sites for hydroxylation is 1. The number of ether oxygens (including phenoxy) is 1. The Morgan fingerprint density at radius 3 is 2.76 bits per heavy atom. The summed E-state index contributed by atoms with van der Waals surface area (Å²) in [5, 5.41) is 0. The molecule has 0 atom stereocenters. The molecule has 4 heteroatoms. The van der Waals surface area contributed by atoms with Gasteiger partial charge < -0.3 is 4.74 Å². The van der Waals surface area contributed by atoms with Gasteiger partial charge in [0.15, 0.2) is 0 Å². The van der Waals surface area contributed by atoms with E-state index in [4.69, 9.17) is 0 Å². The largest absolute Gasteiger partial charge is 0.468 e. The standard InChI is InChI=1S/C13H18FNO2/c1-10-8-11(4-5-12(10)14)6-7-15(2)9-13(16)17-3/h4-5,8H,6-7,9H2,1-3H3. The molecule has 0 bridgehead atoms. The number of nitrogens with zero attached hydrogens (tertiary/aromatic N) is 1. The summed E-state index contributed by atoms with van der Waals surface area (Å²) in [5.74, 6) is -0.431. The number of benzene rings is 1. The molecule has 1 aromatic carbocycles. The molecule has 0 aliphatic heterocycles. The maximum absolute atomic E-state index is 13.0. The minimum absolute atomic E-state index is 0.184. The number of hydrogen-bond donors (Lipinski definition) is 0. The van der Waals surface area contributed by atoms with E-state index in [0.29, 0.717) is 5.56 Å². The van der Waals surface area contributed by atoms with Crippen LogP contribution in [0.3, 0.4) is 0 Å². The molecule has 0 fully saturated rings. The molecule has 0 heterocycles. The van der Waals surface area contributed by atoms with Gasteiger partial charge in [0.1, 0.15) is 5.82 Å². The Balaban J connectivity index is 2.44. The van der Waals surface area contributed by atoms with Gasteiger partial charge >= 0.3 is 5.97 Å². The highest BCUT2D eigenvalue weighted by atomic mass is 19.1. The molecule has 0 amide bonds. The lowest BCUT2D eigenvalue weighted by atomic mass is 10.1. The first-order valence-electron chi connectivity index (χ1n) is 5.53. The Morgan fingerprint density at radius 2 is 2.18 bits per heavy atom. The van der Waals surface area contributed by atoms with Crippen molar-refractivity contribution < 1.29 is 13.9 Å². The van der Waals surface area contributed by atoms with Gasteiger partial charge in [0.05, 0.1) is 13.7 Å². The Bertz CT molecular complexity index is 393. The summed E-state index contributed by atoms with van der Waals surface area (Å²) < 4.78 is 17.6. The number of halogens is 1. The lowest BCUT2D eigenvalue weighted by Gasteiger charge is -2.15. The van der Waals surface area contributed by atoms with E-state index >= 15 is 0 Å². The van der Waals surface area contributed by atoms with Crippen LogP contribution < -0.4 is 0 Å². The predicted molar refractivity (Wildman–Crippen MR) is 64.4 cm³/mol. The molecule has 3 nitrogen and oxygen atoms in total. The molecule has 17 heavy (non-hydrogen) atoms. The highest BCUT2D eigenvalue weighted by Gasteiger charge is 2.06. The Morgan fingerprint density at radius 1 is 1.47 bits per heavy atom. The van der Waals surface area contributed by atoms with Crippen molar-refractivity contribution in [1.82, 2.24) is 4.90 Å². The van der Waals surface area contributed by atoms with Crippen molar-refractivity contribution >= 4 is 5.97 Å². The number of carbonyl (C=O) groups excluding carboxylic acids is 1. The van der Waals surface area contributed by atoms with Gasteiger partial charge in [0.2, 0.25) is 0 Å². The fourth-order valence-corrected chi connectivity index (χ4v) is 1.55. The molecule has 94 valence electrons. The van der Waals surface area contributed by atoms with Crippen molar-refractivity contribution in [2.45, 2.75) is 13.3 Å². The van der Waals surface area contributed by atoms with Crippen LogP contribution >= 0.6 is 0 Å². The minimum Gasteiger partial charge on any atom is -0.468 e. The lowest BCUT2D eigenvalue weighted by molar-refractivity contribution is -0.141. The molecular weight excluding hydrogens is 221 g/mol. The Labute approximate surface area is 101 Å². The number of esters is 1. The van der Waals surface area contributed by atoms with E-state index in [1.165, 1.54) is 13.2 Å². The second-order valence-electron chi connectivity index (χ2n) is 4.15. The highest BCUT2D eigenvalue weighted by Crippen LogP contribution is 2.09. The van der Waals surface area contributed by atoms with E-state index in [9.17, 15) is 9.18 Å². The molecule has 0 aromatic heterocycles. The van der Waals surface area contributed by atoms with Crippen LogP contribution in [0.5, 0.6) is 0 Å². The van der Waals surface area contributed by atoms with Crippen LogP contribution in [0.15, 0.2) is 18.2 Å². The monoisotopic (exact) mass is 239 g/mol. The van der Waals surface area contributed by atoms with Crippen molar-refractivity contribution in [3.8, 4) is 0 Å². The number of hydrogen-bond acceptors (Lipinski definition) is 3. The van der Waals surface area contributed by atoms with Crippen molar-refractivity contribution in [1.29, 1.82) is 0 Å². The molecule has 0 N–H and O–H groups in total. The van der Waals surface area contributed by atoms with Gasteiger partial charge in [-0.3, -0.25) is 9.69 Å². The van der Waals surface area contributed by atoms with Gasteiger partial charge in [-0.15, -0.1) is 0 Å². The Hall–Kier alpha value is -1.42. The summed E-state index contributed by atoms with van der Waals surface area (Å²) in [6.45, 7) is 2.76. The minimum atomic E-state index is -0.247. The zero-order chi connectivity index (χ0) is 12.8. The molecule has 0 spiro atoms. The van der Waals surface area contributed by atoms with Gasteiger partial charge in [0.25, 0.3) is 0 Å². The quantitative estimate of drug-likeness (QED) is 0.734. The maximum atomic E-state index is 13.0. The second-order valence-corrected chi connectivity index (χ2v) is 4.15. The maximum Gasteiger partial charge on any atom is 0.319 e. The van der Waals surface area contributed by atoms with E-state index in [1.54, 1.807) is 13.0 Å². The van der Waals surface area contributed by atoms with E-state index in [0.717, 1.165) is 18.5 Å². The summed E-state index contributed by atoms with van der Waals surface area (Å²) >= 11 is 0. The normalized spacial score (nSPS) is 10.6. The van der Waals surface area contributed by atoms with Crippen LogP contribution in [-0.2, 0) is 16.0 Å². The van der Waals surface area contributed by atoms with Gasteiger partial charge in [-0.1, -0.05) is 12.1 Å². The average Bonchev–Trinajstić information content (AvgIpc) is 2.30. The van der Waals surface area contributed by atoms with Gasteiger partial charge in [-0.2, -0.15) is 0 Å². The molecule has 0 radical (unpaired) electrons. The first kappa shape index (κ1) is 13.6. The van der Waals surface area contributed by atoms with E-state index < -0.39 is 0 Å². The zero-order valence-electron chi connectivity index (χ0n) is 10.5. The van der Waals surface area contributed by atoms with Crippen molar-refractivity contribution in [2.24, 2.45) is 0 Å². The molecule has 1 rings (SSSR count). The summed E-state index contributed by atoms with van der Waals surface area (Å²) in [7, 11) is 3.23. The van der Waals surface area contributed by atoms with Crippen molar-refractivity contribution in [3.63, 3.8) is 0 Å². The van der Waals surface area contributed by atoms with Crippen LogP contribution in [0.4, 0.5) is 4.39 Å². The molecule has 0 unspecified atom stereocenters. The topological polar surface area (TPSA) is 29.5 Å². The lowest BCUT2D eigenvalue weighted by Crippen LogP contribution is -2.28. The second kappa shape index (κ2) is 6.35. The third kappa shape index (κ3) is 4.53. The van der Waals surface area contributed by atoms with E-state index in [2.05, 4.69) is 4.74 Å². The van der Waals surface area contributed by atoms with Crippen LogP contribution in [0.2, 0.25) is 0 Å². The summed E-state index contributed by atoms with van der Waals surface area (Å²) in [5.41, 5.74) is 1.72. The van der Waals surface area contributed by atoms with Crippen LogP contribution in [0, 0.1) is 12.7 Å². The molecule has 0 saturated heterocycles. The SMILES string of the molecule is COC(=O)CN(C)CCc1ccc(F)c(C)c1. The number of carbonyl (C=O) groups is 1. The van der Waals surface area contributed by atoms with Gasteiger partial charge in [-0.25, -0.2) is 4.39 Å². The smallest absolute Gasteiger partial charge is 0.319 e. The van der Waals surface area contributed by atoms with Gasteiger partial charge in [0, 0.05) is 6.54 Å². The van der Waals surface area contributed by atoms with Crippen LogP contribution in [-0.4, -0.2) is 38.1 Å². The first-order chi connectivity index (χ1) is 8.02. The molecular formula is C13H18FNO2. The summed E-state index contributed by atoms with van der Waals surface area (Å²) in [6.07, 6.45) is 0.786. The first-order valence-corrected chi connectivity index (χ1v) is 5.53. The number of likely N-dealkylation sites (N-methyl/N-ethyl adjacent to an activating group) is 1. The average molecular weight is 239 g/mol. The third-order valence-electron chi connectivity index (χ3n) is 2.63. The number of methoxy groups -OCH3 is 1. The van der Waals surface area contributed by atoms with Gasteiger partial charge in [-0.05, 0) is 37.6 Å². The molecule has 1 aromatic rings. The van der Waals surface area contributed by atoms with Crippen LogP contribution in [0.25, 0.3) is 0 Å². The van der Waals surface area contributed by atoms with Crippen LogP contribution in [0.1, 0.15) is 11.1 Å². The third-order valence-corrected chi connectivity index (χ3v) is 2.63. The molecule has 0 aliphatic carbocycles. The van der Waals surface area contributed by atoms with E-state index in [1.807, 2.05) is 18.0 Å². The summed E-state index contributed by atoms with van der Waals surface area (Å²) in [4.78, 5) is 12.9. The number of rotatable bonds is 5. The van der Waals surface area contributed by atoms with E-state index in [-0.39, 0.29) is 18.3 Å². The highest BCUT2D eigenvalue weighted by molar-refractivity contribution is 5.71. The summed E-state index contributed by atoms with van der Waals surface area (Å²) in [6, 6.07) is 5.08. The fraction of sp³-hybridized carbons (Fsp3) is 0.462. The van der Waals surface area contributed by atoms with Crippen molar-refractivity contribution in [3.05, 3.63) is 35.1 Å². The molecule has 0 aliphatic rings. The Kier molecular flexibility index (Phi) is 5.10. The molecule has 0 saturated carbocycles. The zero-order valence-corrected chi connectivity index (χ0v) is 10.5. The predicted octanol–water partition coefficient (Wildman–Crippen LogP) is 1.78. The fourth-order valence-electron chi connectivity index (χ4n) is 1.55.